The van der Waals surface area contributed by atoms with Gasteiger partial charge in [0.15, 0.2) is 0 Å². The number of halogens is 1. The number of epoxide rings is 1. The fourth-order valence-corrected chi connectivity index (χ4v) is 1.64. The van der Waals surface area contributed by atoms with Crippen molar-refractivity contribution >= 4 is 23.1 Å². The third-order valence-corrected chi connectivity index (χ3v) is 2.70. The monoisotopic (exact) mass is 222 g/mol. The standard InChI is InChI=1S/C11H7ClO3/c12-8-3-1-7(2-4-8)9-5-10(13)11(15-9)6-14-11/h1-5H,6H2. The lowest BCUT2D eigenvalue weighted by molar-refractivity contribution is -0.127. The molecule has 0 amide bonds. The van der Waals surface area contributed by atoms with Crippen LogP contribution in [-0.4, -0.2) is 18.2 Å². The summed E-state index contributed by atoms with van der Waals surface area (Å²) in [6, 6.07) is 7.13. The van der Waals surface area contributed by atoms with Crippen LogP contribution in [0.4, 0.5) is 0 Å². The Kier molecular flexibility index (Phi) is 1.69. The maximum Gasteiger partial charge on any atom is 0.298 e. The second-order valence-corrected chi connectivity index (χ2v) is 3.96. The highest BCUT2D eigenvalue weighted by atomic mass is 35.5. The van der Waals surface area contributed by atoms with Crippen molar-refractivity contribution in [3.8, 4) is 0 Å². The predicted molar refractivity (Wildman–Crippen MR) is 54.2 cm³/mol. The highest BCUT2D eigenvalue weighted by Gasteiger charge is 2.58. The molecule has 2 heterocycles. The number of ether oxygens (including phenoxy) is 2. The van der Waals surface area contributed by atoms with Gasteiger partial charge in [-0.1, -0.05) is 11.6 Å². The number of benzene rings is 1. The van der Waals surface area contributed by atoms with Gasteiger partial charge in [-0.3, -0.25) is 4.79 Å². The summed E-state index contributed by atoms with van der Waals surface area (Å²) in [6.07, 6.45) is 1.47. The van der Waals surface area contributed by atoms with E-state index in [2.05, 4.69) is 0 Å². The van der Waals surface area contributed by atoms with E-state index in [0.717, 1.165) is 5.56 Å². The predicted octanol–water partition coefficient (Wildman–Crippen LogP) is 2.01. The molecule has 1 saturated heterocycles. The maximum absolute atomic E-state index is 11.5. The van der Waals surface area contributed by atoms with Gasteiger partial charge in [-0.05, 0) is 24.3 Å². The van der Waals surface area contributed by atoms with Gasteiger partial charge in [0, 0.05) is 16.7 Å². The molecule has 1 atom stereocenters. The van der Waals surface area contributed by atoms with Gasteiger partial charge in [-0.25, -0.2) is 0 Å². The van der Waals surface area contributed by atoms with Crippen molar-refractivity contribution in [2.24, 2.45) is 0 Å². The zero-order chi connectivity index (χ0) is 10.5. The van der Waals surface area contributed by atoms with Crippen LogP contribution in [0.2, 0.25) is 5.02 Å². The number of carbonyl (C=O) groups excluding carboxylic acids is 1. The molecule has 1 unspecified atom stereocenters. The molecule has 0 N–H and O–H groups in total. The summed E-state index contributed by atoms with van der Waals surface area (Å²) in [4.78, 5) is 11.5. The largest absolute Gasteiger partial charge is 0.451 e. The van der Waals surface area contributed by atoms with Crippen molar-refractivity contribution < 1.29 is 14.3 Å². The summed E-state index contributed by atoms with van der Waals surface area (Å²) in [5.41, 5.74) is 0.833. The Hall–Kier alpha value is -1.32. The molecule has 4 heteroatoms. The number of rotatable bonds is 1. The molecule has 0 aromatic heterocycles. The first-order chi connectivity index (χ1) is 7.20. The van der Waals surface area contributed by atoms with Crippen molar-refractivity contribution in [2.75, 3.05) is 6.61 Å². The molecule has 1 spiro atoms. The molecule has 0 saturated carbocycles. The van der Waals surface area contributed by atoms with Gasteiger partial charge in [0.05, 0.1) is 0 Å². The third-order valence-electron chi connectivity index (χ3n) is 2.45. The molecule has 0 bridgehead atoms. The molecule has 1 aromatic rings. The van der Waals surface area contributed by atoms with Crippen LogP contribution in [0.5, 0.6) is 0 Å². The molecule has 2 aliphatic rings. The summed E-state index contributed by atoms with van der Waals surface area (Å²) in [5.74, 6) is -0.559. The fourth-order valence-electron chi connectivity index (χ4n) is 1.51. The van der Waals surface area contributed by atoms with Crippen LogP contribution in [0, 0.1) is 0 Å². The van der Waals surface area contributed by atoms with Crippen LogP contribution in [0.1, 0.15) is 5.56 Å². The van der Waals surface area contributed by atoms with Crippen molar-refractivity contribution in [3.05, 3.63) is 40.9 Å². The van der Waals surface area contributed by atoms with Gasteiger partial charge >= 0.3 is 0 Å². The summed E-state index contributed by atoms with van der Waals surface area (Å²) in [6.45, 7) is 0.347. The second-order valence-electron chi connectivity index (χ2n) is 3.52. The van der Waals surface area contributed by atoms with Crippen LogP contribution >= 0.6 is 11.6 Å². The van der Waals surface area contributed by atoms with Crippen molar-refractivity contribution in [1.29, 1.82) is 0 Å². The Morgan fingerprint density at radius 2 is 1.93 bits per heavy atom. The average Bonchev–Trinajstić information content (AvgIpc) is 2.91. The summed E-state index contributed by atoms with van der Waals surface area (Å²) in [7, 11) is 0. The molecule has 0 aliphatic carbocycles. The topological polar surface area (TPSA) is 38.8 Å². The van der Waals surface area contributed by atoms with Crippen LogP contribution in [-0.2, 0) is 14.3 Å². The molecular formula is C11H7ClO3. The molecule has 76 valence electrons. The van der Waals surface area contributed by atoms with E-state index in [9.17, 15) is 4.79 Å². The number of hydrogen-bond acceptors (Lipinski definition) is 3. The van der Waals surface area contributed by atoms with E-state index >= 15 is 0 Å². The minimum Gasteiger partial charge on any atom is -0.451 e. The average molecular weight is 223 g/mol. The lowest BCUT2D eigenvalue weighted by atomic mass is 10.2. The SMILES string of the molecule is O=C1C=C(c2ccc(Cl)cc2)OC12CO2. The number of hydrogen-bond donors (Lipinski definition) is 0. The first-order valence-electron chi connectivity index (χ1n) is 4.55. The zero-order valence-electron chi connectivity index (χ0n) is 7.70. The van der Waals surface area contributed by atoms with E-state index < -0.39 is 5.79 Å². The number of ketones is 1. The fraction of sp³-hybridized carbons (Fsp3) is 0.182. The maximum atomic E-state index is 11.5. The first-order valence-corrected chi connectivity index (χ1v) is 4.92. The van der Waals surface area contributed by atoms with Gasteiger partial charge in [0.1, 0.15) is 12.4 Å². The molecule has 2 aliphatic heterocycles. The minimum absolute atomic E-state index is 0.118. The zero-order valence-corrected chi connectivity index (χ0v) is 8.45. The van der Waals surface area contributed by atoms with Gasteiger partial charge in [-0.15, -0.1) is 0 Å². The normalized spacial score (nSPS) is 27.8. The van der Waals surface area contributed by atoms with Crippen LogP contribution in [0.25, 0.3) is 5.76 Å². The van der Waals surface area contributed by atoms with E-state index in [1.165, 1.54) is 6.08 Å². The van der Waals surface area contributed by atoms with Crippen LogP contribution in [0.3, 0.4) is 0 Å². The lowest BCUT2D eigenvalue weighted by Gasteiger charge is -2.06. The van der Waals surface area contributed by atoms with Crippen molar-refractivity contribution in [3.63, 3.8) is 0 Å². The quantitative estimate of drug-likeness (QED) is 0.683. The summed E-state index contributed by atoms with van der Waals surface area (Å²) < 4.78 is 10.4. The van der Waals surface area contributed by atoms with Crippen molar-refractivity contribution in [1.82, 2.24) is 0 Å². The highest BCUT2D eigenvalue weighted by molar-refractivity contribution is 6.30. The molecule has 1 aromatic carbocycles. The molecule has 0 radical (unpaired) electrons. The van der Waals surface area contributed by atoms with Gasteiger partial charge in [0.25, 0.3) is 5.79 Å². The minimum atomic E-state index is -0.991. The number of carbonyl (C=O) groups is 1. The lowest BCUT2D eigenvalue weighted by Crippen LogP contribution is -2.19. The van der Waals surface area contributed by atoms with E-state index in [1.54, 1.807) is 12.1 Å². The first kappa shape index (κ1) is 8.95. The summed E-state index contributed by atoms with van der Waals surface area (Å²) >= 11 is 5.76. The molecule has 3 nitrogen and oxygen atoms in total. The Balaban J connectivity index is 1.93. The van der Waals surface area contributed by atoms with Crippen molar-refractivity contribution in [2.45, 2.75) is 5.79 Å². The van der Waals surface area contributed by atoms with E-state index in [-0.39, 0.29) is 5.78 Å². The molecule has 3 rings (SSSR count). The Morgan fingerprint density at radius 3 is 2.47 bits per heavy atom. The van der Waals surface area contributed by atoms with Gasteiger partial charge in [0.2, 0.25) is 5.78 Å². The second kappa shape index (κ2) is 2.84. The van der Waals surface area contributed by atoms with E-state index in [1.807, 2.05) is 12.1 Å². The Morgan fingerprint density at radius 1 is 1.27 bits per heavy atom. The summed E-state index contributed by atoms with van der Waals surface area (Å²) in [5, 5.41) is 0.654. The highest BCUT2D eigenvalue weighted by Crippen LogP contribution is 2.40. The van der Waals surface area contributed by atoms with E-state index in [0.29, 0.717) is 17.4 Å². The molecule has 15 heavy (non-hydrogen) atoms. The Labute approximate surface area is 91.2 Å². The molecular weight excluding hydrogens is 216 g/mol. The molecule has 1 fully saturated rings. The van der Waals surface area contributed by atoms with Crippen LogP contribution in [0.15, 0.2) is 30.3 Å². The Bertz CT molecular complexity index is 457. The third kappa shape index (κ3) is 1.35. The van der Waals surface area contributed by atoms with Gasteiger partial charge in [-0.2, -0.15) is 0 Å². The smallest absolute Gasteiger partial charge is 0.298 e. The van der Waals surface area contributed by atoms with Gasteiger partial charge < -0.3 is 9.47 Å². The van der Waals surface area contributed by atoms with Crippen LogP contribution < -0.4 is 0 Å². The van der Waals surface area contributed by atoms with E-state index in [4.69, 9.17) is 21.1 Å².